The summed E-state index contributed by atoms with van der Waals surface area (Å²) in [6.07, 6.45) is 1.46. The minimum Gasteiger partial charge on any atom is -0.503 e. The van der Waals surface area contributed by atoms with Crippen LogP contribution in [0.1, 0.15) is 16.7 Å². The summed E-state index contributed by atoms with van der Waals surface area (Å²) in [5, 5.41) is 12.1. The van der Waals surface area contributed by atoms with Gasteiger partial charge in [-0.2, -0.15) is 0 Å². The van der Waals surface area contributed by atoms with Gasteiger partial charge in [-0.1, -0.05) is 23.7 Å². The Morgan fingerprint density at radius 3 is 2.73 bits per heavy atom. The summed E-state index contributed by atoms with van der Waals surface area (Å²) in [5.41, 5.74) is 3.04. The molecule has 0 spiro atoms. The average Bonchev–Trinajstić information content (AvgIpc) is 2.95. The molecule has 3 rings (SSSR count). The van der Waals surface area contributed by atoms with E-state index < -0.39 is 23.6 Å². The fraction of sp³-hybridized carbons (Fsp3) is 0.190. The first-order valence-corrected chi connectivity index (χ1v) is 10.1. The average molecular weight is 447 g/mol. The van der Waals surface area contributed by atoms with Gasteiger partial charge in [-0.05, 0) is 66.6 Å². The number of aryl methyl sites for hydroxylation is 1. The number of thioether (sulfide) groups is 1. The van der Waals surface area contributed by atoms with Crippen LogP contribution in [-0.4, -0.2) is 40.7 Å². The third kappa shape index (κ3) is 4.44. The van der Waals surface area contributed by atoms with Crippen molar-refractivity contribution in [1.29, 1.82) is 0 Å². The Morgan fingerprint density at radius 1 is 1.30 bits per heavy atom. The van der Waals surface area contributed by atoms with Crippen LogP contribution in [0.2, 0.25) is 5.02 Å². The molecule has 1 saturated heterocycles. The van der Waals surface area contributed by atoms with E-state index in [1.165, 1.54) is 25.3 Å². The van der Waals surface area contributed by atoms with Gasteiger partial charge < -0.3 is 15.2 Å². The molecule has 1 heterocycles. The number of ether oxygens (including phenoxy) is 1. The van der Waals surface area contributed by atoms with Crippen LogP contribution in [0.3, 0.4) is 0 Å². The predicted octanol–water partition coefficient (Wildman–Crippen LogP) is 4.35. The van der Waals surface area contributed by atoms with Gasteiger partial charge in [0.1, 0.15) is 6.54 Å². The fourth-order valence-electron chi connectivity index (χ4n) is 2.84. The van der Waals surface area contributed by atoms with E-state index in [0.717, 1.165) is 27.8 Å². The fourth-order valence-corrected chi connectivity index (χ4v) is 3.90. The molecule has 3 amide bonds. The van der Waals surface area contributed by atoms with Crippen molar-refractivity contribution >= 4 is 52.2 Å². The number of imide groups is 1. The van der Waals surface area contributed by atoms with Crippen LogP contribution in [-0.2, 0) is 9.59 Å². The molecule has 1 fully saturated rings. The minimum absolute atomic E-state index is 0.0488. The number of rotatable bonds is 5. The Kier molecular flexibility index (Phi) is 6.38. The molecule has 0 aliphatic carbocycles. The highest BCUT2D eigenvalue weighted by molar-refractivity contribution is 8.18. The number of amides is 3. The Labute approximate surface area is 182 Å². The number of carbonyl (C=O) groups is 3. The van der Waals surface area contributed by atoms with E-state index in [-0.39, 0.29) is 21.4 Å². The van der Waals surface area contributed by atoms with Crippen LogP contribution < -0.4 is 10.1 Å². The largest absolute Gasteiger partial charge is 0.503 e. The van der Waals surface area contributed by atoms with E-state index in [9.17, 15) is 19.5 Å². The molecule has 1 aliphatic heterocycles. The summed E-state index contributed by atoms with van der Waals surface area (Å²) in [5.74, 6) is -1.13. The van der Waals surface area contributed by atoms with E-state index in [4.69, 9.17) is 16.3 Å². The van der Waals surface area contributed by atoms with E-state index in [0.29, 0.717) is 11.3 Å². The van der Waals surface area contributed by atoms with Crippen LogP contribution in [0, 0.1) is 13.8 Å². The van der Waals surface area contributed by atoms with Crippen molar-refractivity contribution in [2.75, 3.05) is 19.0 Å². The van der Waals surface area contributed by atoms with Crippen molar-refractivity contribution in [1.82, 2.24) is 4.90 Å². The summed E-state index contributed by atoms with van der Waals surface area (Å²) in [7, 11) is 1.37. The van der Waals surface area contributed by atoms with Gasteiger partial charge in [-0.25, -0.2) is 0 Å². The first-order chi connectivity index (χ1) is 14.2. The van der Waals surface area contributed by atoms with Gasteiger partial charge in [0, 0.05) is 5.69 Å². The second-order valence-electron chi connectivity index (χ2n) is 6.62. The standard InChI is InChI=1S/C21H19ClN2O5S/c1-11-5-4-6-15(12(11)2)23-18(25)10-24-20(27)17(30-21(24)28)9-13-7-14(22)19(26)16(8-13)29-3/h4-9,26H,10H2,1-3H3,(H,23,25)/b17-9-. The normalized spacial score (nSPS) is 15.1. The number of methoxy groups -OCH3 is 1. The molecule has 0 radical (unpaired) electrons. The molecule has 2 N–H and O–H groups in total. The van der Waals surface area contributed by atoms with E-state index in [2.05, 4.69) is 5.32 Å². The molecular weight excluding hydrogens is 428 g/mol. The molecule has 2 aromatic rings. The van der Waals surface area contributed by atoms with Gasteiger partial charge >= 0.3 is 0 Å². The number of carbonyl (C=O) groups excluding carboxylic acids is 3. The van der Waals surface area contributed by atoms with Gasteiger partial charge in [0.05, 0.1) is 17.0 Å². The second kappa shape index (κ2) is 8.81. The Balaban J connectivity index is 1.76. The SMILES string of the molecule is COc1cc(/C=C2\SC(=O)N(CC(=O)Nc3cccc(C)c3C)C2=O)cc(Cl)c1O. The molecule has 156 valence electrons. The van der Waals surface area contributed by atoms with Crippen molar-refractivity contribution < 1.29 is 24.2 Å². The number of benzene rings is 2. The third-order valence-corrected chi connectivity index (χ3v) is 5.82. The van der Waals surface area contributed by atoms with Gasteiger partial charge in [-0.3, -0.25) is 19.3 Å². The Bertz CT molecular complexity index is 1080. The number of aromatic hydroxyl groups is 1. The van der Waals surface area contributed by atoms with Gasteiger partial charge in [0.15, 0.2) is 11.5 Å². The molecule has 0 unspecified atom stereocenters. The molecule has 0 saturated carbocycles. The molecule has 2 aromatic carbocycles. The molecule has 1 aliphatic rings. The van der Waals surface area contributed by atoms with Crippen LogP contribution in [0.25, 0.3) is 6.08 Å². The number of anilines is 1. The maximum absolute atomic E-state index is 12.7. The van der Waals surface area contributed by atoms with Crippen molar-refractivity contribution in [3.05, 3.63) is 56.9 Å². The topological polar surface area (TPSA) is 95.9 Å². The zero-order valence-corrected chi connectivity index (χ0v) is 18.1. The Morgan fingerprint density at radius 2 is 2.03 bits per heavy atom. The summed E-state index contributed by atoms with van der Waals surface area (Å²) in [6, 6.07) is 8.44. The van der Waals surface area contributed by atoms with Crippen LogP contribution in [0.15, 0.2) is 35.2 Å². The highest BCUT2D eigenvalue weighted by Gasteiger charge is 2.36. The number of phenolic OH excluding ortho intramolecular Hbond substituents is 1. The van der Waals surface area contributed by atoms with Gasteiger partial charge in [-0.15, -0.1) is 0 Å². The number of halogens is 1. The number of nitrogens with zero attached hydrogens (tertiary/aromatic N) is 1. The zero-order chi connectivity index (χ0) is 22.0. The van der Waals surface area contributed by atoms with Crippen LogP contribution >= 0.6 is 23.4 Å². The lowest BCUT2D eigenvalue weighted by Gasteiger charge is -2.14. The third-order valence-electron chi connectivity index (χ3n) is 4.62. The summed E-state index contributed by atoms with van der Waals surface area (Å²) < 4.78 is 5.04. The number of hydrogen-bond donors (Lipinski definition) is 2. The molecule has 7 nitrogen and oxygen atoms in total. The summed E-state index contributed by atoms with van der Waals surface area (Å²) >= 11 is 6.69. The van der Waals surface area contributed by atoms with Crippen molar-refractivity contribution in [3.63, 3.8) is 0 Å². The maximum Gasteiger partial charge on any atom is 0.294 e. The quantitative estimate of drug-likeness (QED) is 0.663. The van der Waals surface area contributed by atoms with E-state index in [1.807, 2.05) is 26.0 Å². The van der Waals surface area contributed by atoms with Crippen molar-refractivity contribution in [2.24, 2.45) is 0 Å². The van der Waals surface area contributed by atoms with Crippen molar-refractivity contribution in [3.8, 4) is 11.5 Å². The molecular formula is C21H19ClN2O5S. The zero-order valence-electron chi connectivity index (χ0n) is 16.5. The molecule has 0 aromatic heterocycles. The minimum atomic E-state index is -0.579. The second-order valence-corrected chi connectivity index (χ2v) is 8.02. The molecule has 9 heteroatoms. The molecule has 30 heavy (non-hydrogen) atoms. The monoisotopic (exact) mass is 446 g/mol. The smallest absolute Gasteiger partial charge is 0.294 e. The highest BCUT2D eigenvalue weighted by atomic mass is 35.5. The Hall–Kier alpha value is -2.97. The van der Waals surface area contributed by atoms with Crippen molar-refractivity contribution in [2.45, 2.75) is 13.8 Å². The summed E-state index contributed by atoms with van der Waals surface area (Å²) in [6.45, 7) is 3.41. The lowest BCUT2D eigenvalue weighted by atomic mass is 10.1. The van der Waals surface area contributed by atoms with E-state index >= 15 is 0 Å². The number of nitrogens with one attached hydrogen (secondary N) is 1. The molecule has 0 atom stereocenters. The lowest BCUT2D eigenvalue weighted by molar-refractivity contribution is -0.127. The molecule has 0 bridgehead atoms. The van der Waals surface area contributed by atoms with Crippen LogP contribution in [0.4, 0.5) is 10.5 Å². The first kappa shape index (κ1) is 21.7. The highest BCUT2D eigenvalue weighted by Crippen LogP contribution is 2.38. The number of hydrogen-bond acceptors (Lipinski definition) is 6. The maximum atomic E-state index is 12.7. The number of phenols is 1. The van der Waals surface area contributed by atoms with Gasteiger partial charge in [0.25, 0.3) is 11.1 Å². The lowest BCUT2D eigenvalue weighted by Crippen LogP contribution is -2.36. The van der Waals surface area contributed by atoms with Gasteiger partial charge in [0.2, 0.25) is 5.91 Å². The first-order valence-electron chi connectivity index (χ1n) is 8.89. The predicted molar refractivity (Wildman–Crippen MR) is 117 cm³/mol. The van der Waals surface area contributed by atoms with Crippen LogP contribution in [0.5, 0.6) is 11.5 Å². The van der Waals surface area contributed by atoms with E-state index in [1.54, 1.807) is 6.07 Å². The summed E-state index contributed by atoms with van der Waals surface area (Å²) in [4.78, 5) is 38.4.